The van der Waals surface area contributed by atoms with Gasteiger partial charge in [-0.15, -0.1) is 0 Å². The van der Waals surface area contributed by atoms with Gasteiger partial charge in [0.05, 0.1) is 5.92 Å². The third-order valence-electron chi connectivity index (χ3n) is 3.68. The Morgan fingerprint density at radius 3 is 2.26 bits per heavy atom. The second-order valence-electron chi connectivity index (χ2n) is 5.02. The first kappa shape index (κ1) is 15.1. The monoisotopic (exact) mass is 308 g/mol. The summed E-state index contributed by atoms with van der Waals surface area (Å²) in [6.45, 7) is 0.599. The maximum absolute atomic E-state index is 12.2. The standard InChI is InChI=1S/C11H20N2O4S2/c14-11(15)9-1-5-13(6-2-9)19(16,17)12-10-3-7-18-8-4-10/h9-10,12H,1-8H2,(H,14,15). The molecule has 2 fully saturated rings. The van der Waals surface area contributed by atoms with Crippen LogP contribution in [0.1, 0.15) is 25.7 Å². The van der Waals surface area contributed by atoms with Crippen molar-refractivity contribution >= 4 is 27.9 Å². The lowest BCUT2D eigenvalue weighted by Gasteiger charge is -2.31. The van der Waals surface area contributed by atoms with Crippen molar-refractivity contribution in [1.82, 2.24) is 9.03 Å². The second-order valence-corrected chi connectivity index (χ2v) is 7.95. The minimum Gasteiger partial charge on any atom is -0.481 e. The van der Waals surface area contributed by atoms with E-state index in [0.29, 0.717) is 25.9 Å². The minimum absolute atomic E-state index is 0.0310. The first-order valence-corrected chi connectivity index (χ1v) is 9.16. The van der Waals surface area contributed by atoms with E-state index in [1.807, 2.05) is 11.8 Å². The molecule has 8 heteroatoms. The van der Waals surface area contributed by atoms with E-state index < -0.39 is 22.1 Å². The first-order chi connectivity index (χ1) is 8.99. The Balaban J connectivity index is 1.88. The average Bonchev–Trinajstić information content (AvgIpc) is 2.39. The molecule has 0 saturated carbocycles. The summed E-state index contributed by atoms with van der Waals surface area (Å²) in [6, 6.07) is 0.0310. The molecular formula is C11H20N2O4S2. The fourth-order valence-corrected chi connectivity index (χ4v) is 5.05. The zero-order valence-electron chi connectivity index (χ0n) is 10.7. The first-order valence-electron chi connectivity index (χ1n) is 6.57. The molecule has 110 valence electrons. The number of carboxylic acids is 1. The summed E-state index contributed by atoms with van der Waals surface area (Å²) >= 11 is 1.85. The van der Waals surface area contributed by atoms with Gasteiger partial charge < -0.3 is 5.11 Å². The van der Waals surface area contributed by atoms with Gasteiger partial charge in [0, 0.05) is 19.1 Å². The molecule has 2 aliphatic rings. The van der Waals surface area contributed by atoms with Crippen LogP contribution in [0.3, 0.4) is 0 Å². The quantitative estimate of drug-likeness (QED) is 0.790. The number of nitrogens with one attached hydrogen (secondary N) is 1. The predicted octanol–water partition coefficient (Wildman–Crippen LogP) is 0.513. The minimum atomic E-state index is -3.45. The molecule has 6 nitrogen and oxygen atoms in total. The predicted molar refractivity (Wildman–Crippen MR) is 74.3 cm³/mol. The Hall–Kier alpha value is -0.310. The number of aliphatic carboxylic acids is 1. The number of carboxylic acid groups (broad SMARTS) is 1. The molecule has 0 radical (unpaired) electrons. The Labute approximate surface area is 118 Å². The molecule has 0 bridgehead atoms. The highest BCUT2D eigenvalue weighted by molar-refractivity contribution is 7.99. The van der Waals surface area contributed by atoms with E-state index in [2.05, 4.69) is 4.72 Å². The molecule has 0 atom stereocenters. The Morgan fingerprint density at radius 1 is 1.16 bits per heavy atom. The maximum Gasteiger partial charge on any atom is 0.306 e. The summed E-state index contributed by atoms with van der Waals surface area (Å²) < 4.78 is 28.5. The van der Waals surface area contributed by atoms with Gasteiger partial charge in [-0.2, -0.15) is 29.2 Å². The Morgan fingerprint density at radius 2 is 1.74 bits per heavy atom. The average molecular weight is 308 g/mol. The summed E-state index contributed by atoms with van der Waals surface area (Å²) in [7, 11) is -3.45. The highest BCUT2D eigenvalue weighted by Crippen LogP contribution is 2.21. The van der Waals surface area contributed by atoms with E-state index in [1.54, 1.807) is 0 Å². The number of thioether (sulfide) groups is 1. The van der Waals surface area contributed by atoms with Crippen LogP contribution in [-0.4, -0.2) is 54.4 Å². The summed E-state index contributed by atoms with van der Waals surface area (Å²) in [4.78, 5) is 10.8. The fourth-order valence-electron chi connectivity index (χ4n) is 2.44. The number of rotatable bonds is 4. The number of carbonyl (C=O) groups is 1. The van der Waals surface area contributed by atoms with Gasteiger partial charge in [0.15, 0.2) is 0 Å². The van der Waals surface area contributed by atoms with Crippen LogP contribution in [0.15, 0.2) is 0 Å². The maximum atomic E-state index is 12.2. The van der Waals surface area contributed by atoms with Crippen LogP contribution in [0.4, 0.5) is 0 Å². The topological polar surface area (TPSA) is 86.7 Å². The third-order valence-corrected chi connectivity index (χ3v) is 6.40. The van der Waals surface area contributed by atoms with Gasteiger partial charge in [-0.25, -0.2) is 0 Å². The molecule has 2 rings (SSSR count). The van der Waals surface area contributed by atoms with Gasteiger partial charge in [-0.3, -0.25) is 4.79 Å². The zero-order chi connectivity index (χ0) is 13.9. The molecule has 19 heavy (non-hydrogen) atoms. The summed E-state index contributed by atoms with van der Waals surface area (Å²) in [5, 5.41) is 8.90. The van der Waals surface area contributed by atoms with Crippen molar-refractivity contribution in [2.24, 2.45) is 5.92 Å². The number of hydrogen-bond acceptors (Lipinski definition) is 4. The lowest BCUT2D eigenvalue weighted by Crippen LogP contribution is -2.49. The summed E-state index contributed by atoms with van der Waals surface area (Å²) in [6.07, 6.45) is 2.54. The van der Waals surface area contributed by atoms with E-state index in [9.17, 15) is 13.2 Å². The summed E-state index contributed by atoms with van der Waals surface area (Å²) in [5.74, 6) is 0.759. The lowest BCUT2D eigenvalue weighted by molar-refractivity contribution is -0.142. The number of piperidine rings is 1. The molecule has 0 aromatic heterocycles. The molecule has 0 aromatic carbocycles. The van der Waals surface area contributed by atoms with Gasteiger partial charge in [-0.1, -0.05) is 0 Å². The molecular weight excluding hydrogens is 288 g/mol. The molecule has 2 saturated heterocycles. The van der Waals surface area contributed by atoms with Crippen molar-refractivity contribution in [3.8, 4) is 0 Å². The molecule has 2 N–H and O–H groups in total. The van der Waals surface area contributed by atoms with Crippen LogP contribution < -0.4 is 4.72 Å². The SMILES string of the molecule is O=C(O)C1CCN(S(=O)(=O)NC2CCSCC2)CC1. The van der Waals surface area contributed by atoms with Gasteiger partial charge in [-0.05, 0) is 37.2 Å². The van der Waals surface area contributed by atoms with Gasteiger partial charge in [0.25, 0.3) is 10.2 Å². The normalized spacial score (nSPS) is 24.4. The number of hydrogen-bond donors (Lipinski definition) is 2. The lowest BCUT2D eigenvalue weighted by atomic mass is 9.99. The van der Waals surface area contributed by atoms with Crippen LogP contribution in [0, 0.1) is 5.92 Å². The van der Waals surface area contributed by atoms with Crippen LogP contribution in [0.2, 0.25) is 0 Å². The Bertz CT molecular complexity index is 412. The largest absolute Gasteiger partial charge is 0.481 e. The van der Waals surface area contributed by atoms with Crippen molar-refractivity contribution in [2.75, 3.05) is 24.6 Å². The number of nitrogens with zero attached hydrogens (tertiary/aromatic N) is 1. The molecule has 0 aliphatic carbocycles. The van der Waals surface area contributed by atoms with Crippen LogP contribution in [0.25, 0.3) is 0 Å². The van der Waals surface area contributed by atoms with Crippen molar-refractivity contribution in [3.63, 3.8) is 0 Å². The molecule has 0 amide bonds. The van der Waals surface area contributed by atoms with Gasteiger partial charge >= 0.3 is 5.97 Å². The van der Waals surface area contributed by atoms with Crippen molar-refractivity contribution in [2.45, 2.75) is 31.7 Å². The zero-order valence-corrected chi connectivity index (χ0v) is 12.4. The second kappa shape index (κ2) is 6.43. The molecule has 0 aromatic rings. The van der Waals surface area contributed by atoms with E-state index in [-0.39, 0.29) is 6.04 Å². The van der Waals surface area contributed by atoms with E-state index in [4.69, 9.17) is 5.11 Å². The van der Waals surface area contributed by atoms with Crippen molar-refractivity contribution in [1.29, 1.82) is 0 Å². The van der Waals surface area contributed by atoms with Crippen molar-refractivity contribution < 1.29 is 18.3 Å². The fraction of sp³-hybridized carbons (Fsp3) is 0.909. The van der Waals surface area contributed by atoms with Gasteiger partial charge in [0.2, 0.25) is 0 Å². The van der Waals surface area contributed by atoms with E-state index in [0.717, 1.165) is 24.3 Å². The Kier molecular flexibility index (Phi) is 5.10. The molecule has 2 aliphatic heterocycles. The third kappa shape index (κ3) is 4.08. The molecule has 0 spiro atoms. The van der Waals surface area contributed by atoms with Crippen LogP contribution in [0.5, 0.6) is 0 Å². The van der Waals surface area contributed by atoms with Crippen LogP contribution >= 0.6 is 11.8 Å². The highest BCUT2D eigenvalue weighted by atomic mass is 32.2. The van der Waals surface area contributed by atoms with Gasteiger partial charge in [0.1, 0.15) is 0 Å². The molecule has 2 heterocycles. The van der Waals surface area contributed by atoms with Crippen LogP contribution in [-0.2, 0) is 15.0 Å². The highest BCUT2D eigenvalue weighted by Gasteiger charge is 2.32. The van der Waals surface area contributed by atoms with Crippen molar-refractivity contribution in [3.05, 3.63) is 0 Å². The molecule has 0 unspecified atom stereocenters. The smallest absolute Gasteiger partial charge is 0.306 e. The summed E-state index contributed by atoms with van der Waals surface area (Å²) in [5.41, 5.74) is 0. The van der Waals surface area contributed by atoms with E-state index >= 15 is 0 Å². The van der Waals surface area contributed by atoms with E-state index in [1.165, 1.54) is 4.31 Å².